The summed E-state index contributed by atoms with van der Waals surface area (Å²) in [6.07, 6.45) is 1.72. The maximum atomic E-state index is 12.7. The summed E-state index contributed by atoms with van der Waals surface area (Å²) in [5.41, 5.74) is 8.58. The van der Waals surface area contributed by atoms with Crippen LogP contribution in [0.4, 0.5) is 5.82 Å². The Hall–Kier alpha value is -2.93. The van der Waals surface area contributed by atoms with Gasteiger partial charge in [-0.15, -0.1) is 0 Å². The minimum atomic E-state index is -0.622. The van der Waals surface area contributed by atoms with Gasteiger partial charge in [-0.1, -0.05) is 36.4 Å². The second kappa shape index (κ2) is 9.52. The van der Waals surface area contributed by atoms with E-state index in [1.165, 1.54) is 5.56 Å². The number of carbonyl (C=O) groups excluding carboxylic acids is 2. The SMILES string of the molecule is Cc1nc(N)ccc1CNC(=O)C(C)NC(=O)[C@H]1C[C@@H](c2ccccc2)CCN1. The van der Waals surface area contributed by atoms with Crippen molar-refractivity contribution in [2.24, 2.45) is 0 Å². The number of aromatic nitrogens is 1. The minimum absolute atomic E-state index is 0.140. The van der Waals surface area contributed by atoms with Gasteiger partial charge in [-0.25, -0.2) is 4.98 Å². The first-order valence-electron chi connectivity index (χ1n) is 10.0. The van der Waals surface area contributed by atoms with Gasteiger partial charge in [0.05, 0.1) is 6.04 Å². The van der Waals surface area contributed by atoms with E-state index in [1.54, 1.807) is 13.0 Å². The van der Waals surface area contributed by atoms with Gasteiger partial charge in [0.15, 0.2) is 0 Å². The summed E-state index contributed by atoms with van der Waals surface area (Å²) in [6, 6.07) is 12.9. The Morgan fingerprint density at radius 3 is 2.72 bits per heavy atom. The molecule has 3 atom stereocenters. The highest BCUT2D eigenvalue weighted by Gasteiger charge is 2.29. The molecule has 2 heterocycles. The molecule has 1 aliphatic heterocycles. The van der Waals surface area contributed by atoms with Gasteiger partial charge in [0.1, 0.15) is 11.9 Å². The monoisotopic (exact) mass is 395 g/mol. The van der Waals surface area contributed by atoms with Gasteiger partial charge < -0.3 is 21.7 Å². The summed E-state index contributed by atoms with van der Waals surface area (Å²) >= 11 is 0. The minimum Gasteiger partial charge on any atom is -0.384 e. The first kappa shape index (κ1) is 20.8. The van der Waals surface area contributed by atoms with Crippen LogP contribution in [0.1, 0.15) is 42.5 Å². The van der Waals surface area contributed by atoms with Crippen LogP contribution in [0, 0.1) is 6.92 Å². The molecule has 1 saturated heterocycles. The van der Waals surface area contributed by atoms with Gasteiger partial charge in [0.2, 0.25) is 11.8 Å². The van der Waals surface area contributed by atoms with Gasteiger partial charge in [-0.2, -0.15) is 0 Å². The van der Waals surface area contributed by atoms with E-state index >= 15 is 0 Å². The molecule has 154 valence electrons. The Bertz CT molecular complexity index is 856. The molecule has 1 unspecified atom stereocenters. The third-order valence-electron chi connectivity index (χ3n) is 5.41. The Balaban J connectivity index is 1.50. The Labute approximate surface area is 171 Å². The Morgan fingerprint density at radius 2 is 2.00 bits per heavy atom. The van der Waals surface area contributed by atoms with Crippen LogP contribution < -0.4 is 21.7 Å². The van der Waals surface area contributed by atoms with Crippen molar-refractivity contribution in [3.8, 4) is 0 Å². The molecule has 7 heteroatoms. The van der Waals surface area contributed by atoms with Gasteiger partial charge in [-0.3, -0.25) is 9.59 Å². The lowest BCUT2D eigenvalue weighted by Gasteiger charge is -2.30. The number of nitrogen functional groups attached to an aromatic ring is 1. The number of benzene rings is 1. The van der Waals surface area contributed by atoms with Gasteiger partial charge >= 0.3 is 0 Å². The number of pyridine rings is 1. The van der Waals surface area contributed by atoms with E-state index in [-0.39, 0.29) is 17.9 Å². The summed E-state index contributed by atoms with van der Waals surface area (Å²) < 4.78 is 0. The molecule has 5 N–H and O–H groups in total. The quantitative estimate of drug-likeness (QED) is 0.594. The summed E-state index contributed by atoms with van der Waals surface area (Å²) in [7, 11) is 0. The van der Waals surface area contributed by atoms with Gasteiger partial charge in [0.25, 0.3) is 0 Å². The summed E-state index contributed by atoms with van der Waals surface area (Å²) in [4.78, 5) is 29.3. The number of nitrogens with zero attached hydrogens (tertiary/aromatic N) is 1. The van der Waals surface area contributed by atoms with Crippen molar-refractivity contribution in [1.29, 1.82) is 0 Å². The fourth-order valence-corrected chi connectivity index (χ4v) is 3.66. The fraction of sp³-hybridized carbons (Fsp3) is 0.409. The third kappa shape index (κ3) is 5.54. The van der Waals surface area contributed by atoms with Crippen molar-refractivity contribution in [2.45, 2.75) is 51.2 Å². The number of nitrogens with one attached hydrogen (secondary N) is 3. The highest BCUT2D eigenvalue weighted by atomic mass is 16.2. The largest absolute Gasteiger partial charge is 0.384 e. The predicted molar refractivity (Wildman–Crippen MR) is 113 cm³/mol. The van der Waals surface area contributed by atoms with E-state index in [0.717, 1.165) is 30.6 Å². The number of amides is 2. The smallest absolute Gasteiger partial charge is 0.242 e. The summed E-state index contributed by atoms with van der Waals surface area (Å²) in [5.74, 6) is 0.425. The van der Waals surface area contributed by atoms with E-state index in [2.05, 4.69) is 33.1 Å². The molecule has 0 spiro atoms. The number of aryl methyl sites for hydroxylation is 1. The Morgan fingerprint density at radius 1 is 1.24 bits per heavy atom. The average molecular weight is 396 g/mol. The zero-order chi connectivity index (χ0) is 20.8. The topological polar surface area (TPSA) is 109 Å². The molecule has 0 aliphatic carbocycles. The van der Waals surface area contributed by atoms with Crippen molar-refractivity contribution in [3.05, 3.63) is 59.3 Å². The van der Waals surface area contributed by atoms with Crippen molar-refractivity contribution in [3.63, 3.8) is 0 Å². The molecule has 1 aromatic heterocycles. The van der Waals surface area contributed by atoms with Crippen molar-refractivity contribution in [2.75, 3.05) is 12.3 Å². The van der Waals surface area contributed by atoms with E-state index < -0.39 is 6.04 Å². The molecule has 2 aromatic rings. The zero-order valence-electron chi connectivity index (χ0n) is 16.9. The molecule has 3 rings (SSSR count). The van der Waals surface area contributed by atoms with Crippen molar-refractivity contribution in [1.82, 2.24) is 20.9 Å². The highest BCUT2D eigenvalue weighted by molar-refractivity contribution is 5.89. The van der Waals surface area contributed by atoms with E-state index in [0.29, 0.717) is 18.3 Å². The summed E-state index contributed by atoms with van der Waals surface area (Å²) in [5, 5.41) is 8.95. The lowest BCUT2D eigenvalue weighted by Crippen LogP contribution is -2.53. The molecule has 1 aromatic carbocycles. The standard InChI is InChI=1S/C22H29N5O2/c1-14-18(8-9-20(23)26-14)13-25-21(28)15(2)27-22(29)19-12-17(10-11-24-19)16-6-4-3-5-7-16/h3-9,15,17,19,24H,10-13H2,1-2H3,(H2,23,26)(H,25,28)(H,27,29)/t15?,17-,19+/m0/s1. The third-order valence-corrected chi connectivity index (χ3v) is 5.41. The van der Waals surface area contributed by atoms with Crippen molar-refractivity contribution >= 4 is 17.6 Å². The molecule has 0 bridgehead atoms. The van der Waals surface area contributed by atoms with Crippen LogP contribution in [0.5, 0.6) is 0 Å². The van der Waals surface area contributed by atoms with Gasteiger partial charge in [0, 0.05) is 12.2 Å². The number of rotatable bonds is 6. The van der Waals surface area contributed by atoms with Crippen LogP contribution in [0.3, 0.4) is 0 Å². The number of carbonyl (C=O) groups is 2. The lowest BCUT2D eigenvalue weighted by atomic mass is 9.86. The summed E-state index contributed by atoms with van der Waals surface area (Å²) in [6.45, 7) is 4.66. The maximum absolute atomic E-state index is 12.7. The normalized spacial score (nSPS) is 19.9. The second-order valence-corrected chi connectivity index (χ2v) is 7.57. The van der Waals surface area contributed by atoms with Crippen molar-refractivity contribution < 1.29 is 9.59 Å². The van der Waals surface area contributed by atoms with E-state index in [1.807, 2.05) is 31.2 Å². The molecule has 0 radical (unpaired) electrons. The van der Waals surface area contributed by atoms with Crippen LogP contribution >= 0.6 is 0 Å². The number of anilines is 1. The molecule has 1 fully saturated rings. The van der Waals surface area contributed by atoms with Crippen LogP contribution in [0.2, 0.25) is 0 Å². The molecule has 1 aliphatic rings. The fourth-order valence-electron chi connectivity index (χ4n) is 3.66. The number of hydrogen-bond donors (Lipinski definition) is 4. The predicted octanol–water partition coefficient (Wildman–Crippen LogP) is 1.63. The molecular weight excluding hydrogens is 366 g/mol. The molecule has 29 heavy (non-hydrogen) atoms. The molecule has 7 nitrogen and oxygen atoms in total. The van der Waals surface area contributed by atoms with Crippen LogP contribution in [-0.4, -0.2) is 35.4 Å². The van der Waals surface area contributed by atoms with Crippen LogP contribution in [0.15, 0.2) is 42.5 Å². The second-order valence-electron chi connectivity index (χ2n) is 7.57. The van der Waals surface area contributed by atoms with Crippen LogP contribution in [-0.2, 0) is 16.1 Å². The zero-order valence-corrected chi connectivity index (χ0v) is 16.9. The lowest BCUT2D eigenvalue weighted by molar-refractivity contribution is -0.130. The number of nitrogens with two attached hydrogens (primary N) is 1. The maximum Gasteiger partial charge on any atom is 0.242 e. The molecular formula is C22H29N5O2. The van der Waals surface area contributed by atoms with E-state index in [4.69, 9.17) is 5.73 Å². The number of piperidine rings is 1. The first-order valence-corrected chi connectivity index (χ1v) is 10.0. The first-order chi connectivity index (χ1) is 13.9. The van der Waals surface area contributed by atoms with E-state index in [9.17, 15) is 9.59 Å². The molecule has 2 amide bonds. The average Bonchev–Trinajstić information content (AvgIpc) is 2.73. The van der Waals surface area contributed by atoms with Gasteiger partial charge in [-0.05, 0) is 56.3 Å². The number of hydrogen-bond acceptors (Lipinski definition) is 5. The highest BCUT2D eigenvalue weighted by Crippen LogP contribution is 2.27. The van der Waals surface area contributed by atoms with Crippen LogP contribution in [0.25, 0.3) is 0 Å². The Kier molecular flexibility index (Phi) is 6.82. The molecule has 0 saturated carbocycles.